The number of hydrogen-bond acceptors (Lipinski definition) is 1. The lowest BCUT2D eigenvalue weighted by atomic mass is 10.2. The number of rotatable bonds is 2. The summed E-state index contributed by atoms with van der Waals surface area (Å²) in [5.74, 6) is -1.37. The van der Waals surface area contributed by atoms with Crippen LogP contribution in [0.4, 0.5) is 8.78 Å². The van der Waals surface area contributed by atoms with Crippen molar-refractivity contribution < 1.29 is 8.78 Å². The van der Waals surface area contributed by atoms with Crippen molar-refractivity contribution in [3.05, 3.63) is 58.4 Å². The fourth-order valence-corrected chi connectivity index (χ4v) is 2.69. The summed E-state index contributed by atoms with van der Waals surface area (Å²) in [5, 5.41) is 0.534. The molecule has 0 saturated carbocycles. The summed E-state index contributed by atoms with van der Waals surface area (Å²) in [6, 6.07) is 7.73. The van der Waals surface area contributed by atoms with E-state index in [4.69, 9.17) is 23.2 Å². The maximum atomic E-state index is 14.2. The minimum atomic E-state index is -0.948. The molecule has 6 heteroatoms. The smallest absolute Gasteiger partial charge is 0.185 e. The van der Waals surface area contributed by atoms with Crippen LogP contribution >= 0.6 is 23.2 Å². The van der Waals surface area contributed by atoms with Gasteiger partial charge in [-0.2, -0.15) is 0 Å². The minimum absolute atomic E-state index is 0.0658. The first kappa shape index (κ1) is 14.3. The van der Waals surface area contributed by atoms with Crippen LogP contribution in [0.5, 0.6) is 0 Å². The van der Waals surface area contributed by atoms with Crippen LogP contribution in [0.1, 0.15) is 11.4 Å². The highest BCUT2D eigenvalue weighted by molar-refractivity contribution is 6.31. The van der Waals surface area contributed by atoms with Crippen molar-refractivity contribution in [2.24, 2.45) is 0 Å². The molecule has 0 atom stereocenters. The Morgan fingerprint density at radius 3 is 2.67 bits per heavy atom. The summed E-state index contributed by atoms with van der Waals surface area (Å²) in [6.07, 6.45) is 0. The molecule has 0 aliphatic heterocycles. The van der Waals surface area contributed by atoms with Gasteiger partial charge in [-0.25, -0.2) is 13.8 Å². The van der Waals surface area contributed by atoms with Crippen LogP contribution in [0.25, 0.3) is 16.7 Å². The van der Waals surface area contributed by atoms with Crippen molar-refractivity contribution in [2.75, 3.05) is 0 Å². The molecule has 108 valence electrons. The Morgan fingerprint density at radius 2 is 1.95 bits per heavy atom. The summed E-state index contributed by atoms with van der Waals surface area (Å²) in [4.78, 5) is 4.26. The second-order valence-corrected chi connectivity index (χ2v) is 5.28. The van der Waals surface area contributed by atoms with Gasteiger partial charge in [0.15, 0.2) is 11.6 Å². The molecule has 2 nitrogen and oxygen atoms in total. The van der Waals surface area contributed by atoms with Gasteiger partial charge < -0.3 is 0 Å². The topological polar surface area (TPSA) is 17.8 Å². The van der Waals surface area contributed by atoms with Crippen molar-refractivity contribution in [2.45, 2.75) is 12.8 Å². The zero-order chi connectivity index (χ0) is 15.1. The van der Waals surface area contributed by atoms with Crippen molar-refractivity contribution in [1.29, 1.82) is 0 Å². The van der Waals surface area contributed by atoms with Gasteiger partial charge in [-0.05, 0) is 36.8 Å². The van der Waals surface area contributed by atoms with Crippen LogP contribution in [0.2, 0.25) is 5.02 Å². The molecule has 0 amide bonds. The second kappa shape index (κ2) is 5.28. The van der Waals surface area contributed by atoms with Gasteiger partial charge in [-0.1, -0.05) is 17.7 Å². The summed E-state index contributed by atoms with van der Waals surface area (Å²) < 4.78 is 29.3. The van der Waals surface area contributed by atoms with E-state index >= 15 is 0 Å². The lowest BCUT2D eigenvalue weighted by molar-refractivity contribution is 0.514. The van der Waals surface area contributed by atoms with Gasteiger partial charge in [0, 0.05) is 5.02 Å². The molecule has 0 bridgehead atoms. The van der Waals surface area contributed by atoms with Crippen LogP contribution in [-0.4, -0.2) is 9.55 Å². The van der Waals surface area contributed by atoms with E-state index in [0.717, 1.165) is 11.6 Å². The number of nitrogens with zero attached hydrogens (tertiary/aromatic N) is 2. The van der Waals surface area contributed by atoms with Gasteiger partial charge in [0.05, 0.1) is 17.1 Å². The van der Waals surface area contributed by atoms with Gasteiger partial charge in [-0.3, -0.25) is 4.57 Å². The van der Waals surface area contributed by atoms with Gasteiger partial charge in [0.1, 0.15) is 11.3 Å². The van der Waals surface area contributed by atoms with Crippen LogP contribution in [0.15, 0.2) is 30.3 Å². The van der Waals surface area contributed by atoms with Crippen LogP contribution in [0, 0.1) is 18.6 Å². The molecule has 0 unspecified atom stereocenters. The number of halogens is 4. The molecule has 0 N–H and O–H groups in total. The Balaban J connectivity index is 2.45. The molecule has 2 aromatic carbocycles. The Morgan fingerprint density at radius 1 is 1.19 bits per heavy atom. The van der Waals surface area contributed by atoms with E-state index in [1.807, 2.05) is 0 Å². The number of alkyl halides is 1. The fourth-order valence-electron chi connectivity index (χ4n) is 2.34. The number of imidazole rings is 1. The standard InChI is InChI=1S/C15H10Cl2F2N2/c1-8-9(17)3-2-4-12(8)21-13(7-16)20-11-6-5-10(18)14(19)15(11)21/h2-6H,7H2,1H3. The number of hydrogen-bond donors (Lipinski definition) is 0. The SMILES string of the molecule is Cc1c(Cl)cccc1-n1c(CCl)nc2ccc(F)c(F)c21. The zero-order valence-corrected chi connectivity index (χ0v) is 12.5. The van der Waals surface area contributed by atoms with Crippen LogP contribution < -0.4 is 0 Å². The van der Waals surface area contributed by atoms with E-state index in [-0.39, 0.29) is 11.4 Å². The molecule has 1 heterocycles. The first-order chi connectivity index (χ1) is 10.0. The third-order valence-electron chi connectivity index (χ3n) is 3.38. The van der Waals surface area contributed by atoms with Gasteiger partial charge >= 0.3 is 0 Å². The molecule has 0 radical (unpaired) electrons. The highest BCUT2D eigenvalue weighted by Gasteiger charge is 2.19. The average Bonchev–Trinajstić information content (AvgIpc) is 2.85. The molecule has 3 rings (SSSR count). The van der Waals surface area contributed by atoms with Crippen molar-refractivity contribution >= 4 is 34.2 Å². The van der Waals surface area contributed by atoms with E-state index in [1.165, 1.54) is 10.6 Å². The fraction of sp³-hybridized carbons (Fsp3) is 0.133. The van der Waals surface area contributed by atoms with Gasteiger partial charge in [-0.15, -0.1) is 11.6 Å². The first-order valence-corrected chi connectivity index (χ1v) is 7.12. The van der Waals surface area contributed by atoms with Crippen molar-refractivity contribution in [3.8, 4) is 5.69 Å². The van der Waals surface area contributed by atoms with E-state index in [0.29, 0.717) is 22.1 Å². The predicted octanol–water partition coefficient (Wildman–Crippen LogP) is 5.00. The first-order valence-electron chi connectivity index (χ1n) is 6.21. The monoisotopic (exact) mass is 326 g/mol. The quantitative estimate of drug-likeness (QED) is 0.605. The third-order valence-corrected chi connectivity index (χ3v) is 4.03. The molecular weight excluding hydrogens is 317 g/mol. The summed E-state index contributed by atoms with van der Waals surface area (Å²) in [6.45, 7) is 1.80. The van der Waals surface area contributed by atoms with E-state index in [1.54, 1.807) is 25.1 Å². The molecule has 0 saturated heterocycles. The van der Waals surface area contributed by atoms with Gasteiger partial charge in [0.2, 0.25) is 0 Å². The maximum absolute atomic E-state index is 14.2. The molecule has 3 aromatic rings. The van der Waals surface area contributed by atoms with Crippen molar-refractivity contribution in [1.82, 2.24) is 9.55 Å². The van der Waals surface area contributed by atoms with Crippen LogP contribution in [0.3, 0.4) is 0 Å². The van der Waals surface area contributed by atoms with E-state index in [9.17, 15) is 8.78 Å². The highest BCUT2D eigenvalue weighted by atomic mass is 35.5. The molecule has 21 heavy (non-hydrogen) atoms. The Hall–Kier alpha value is -1.65. The molecule has 1 aromatic heterocycles. The normalized spacial score (nSPS) is 11.3. The predicted molar refractivity (Wildman–Crippen MR) is 80.3 cm³/mol. The summed E-state index contributed by atoms with van der Waals surface area (Å²) in [5.41, 5.74) is 1.79. The molecule has 0 spiro atoms. The number of benzene rings is 2. The Kier molecular flexibility index (Phi) is 3.59. The maximum Gasteiger partial charge on any atom is 0.185 e. The zero-order valence-electron chi connectivity index (χ0n) is 11.0. The molecule has 0 aliphatic rings. The number of fused-ring (bicyclic) bond motifs is 1. The second-order valence-electron chi connectivity index (χ2n) is 4.61. The Labute approximate surface area is 129 Å². The summed E-state index contributed by atoms with van der Waals surface area (Å²) >= 11 is 12.0. The largest absolute Gasteiger partial charge is 0.292 e. The average molecular weight is 327 g/mol. The highest BCUT2D eigenvalue weighted by Crippen LogP contribution is 2.30. The molecule has 0 aliphatic carbocycles. The lowest BCUT2D eigenvalue weighted by Crippen LogP contribution is -2.03. The van der Waals surface area contributed by atoms with Crippen molar-refractivity contribution in [3.63, 3.8) is 0 Å². The molecular formula is C15H10Cl2F2N2. The van der Waals surface area contributed by atoms with Gasteiger partial charge in [0.25, 0.3) is 0 Å². The Bertz CT molecular complexity index is 843. The van der Waals surface area contributed by atoms with E-state index in [2.05, 4.69) is 4.98 Å². The molecule has 0 fully saturated rings. The minimum Gasteiger partial charge on any atom is -0.292 e. The number of aromatic nitrogens is 2. The lowest BCUT2D eigenvalue weighted by Gasteiger charge is -2.12. The summed E-state index contributed by atoms with van der Waals surface area (Å²) in [7, 11) is 0. The van der Waals surface area contributed by atoms with E-state index < -0.39 is 11.6 Å². The van der Waals surface area contributed by atoms with Crippen LogP contribution in [-0.2, 0) is 5.88 Å². The third kappa shape index (κ3) is 2.19.